The van der Waals surface area contributed by atoms with Crippen LogP contribution in [0.4, 0.5) is 0 Å². The predicted octanol–water partition coefficient (Wildman–Crippen LogP) is 2.97. The summed E-state index contributed by atoms with van der Waals surface area (Å²) < 4.78 is 5.43. The summed E-state index contributed by atoms with van der Waals surface area (Å²) >= 11 is 12.0. The van der Waals surface area contributed by atoms with E-state index in [9.17, 15) is 9.59 Å². The van der Waals surface area contributed by atoms with E-state index in [2.05, 4.69) is 29.4 Å². The molecule has 28 heavy (non-hydrogen) atoms. The highest BCUT2D eigenvalue weighted by molar-refractivity contribution is 6.43. The number of ether oxygens (including phenoxy) is 1. The highest BCUT2D eigenvalue weighted by atomic mass is 35.5. The van der Waals surface area contributed by atoms with Crippen LogP contribution in [-0.4, -0.2) is 61.6 Å². The maximum Gasteiger partial charge on any atom is 0.253 e. The molecule has 2 rings (SSSR count). The van der Waals surface area contributed by atoms with Crippen molar-refractivity contribution < 1.29 is 14.3 Å². The van der Waals surface area contributed by atoms with Gasteiger partial charge in [-0.25, -0.2) is 0 Å². The number of halogens is 2. The van der Waals surface area contributed by atoms with Crippen LogP contribution in [0.25, 0.3) is 0 Å². The normalized spacial score (nSPS) is 17.2. The second-order valence-corrected chi connectivity index (χ2v) is 8.26. The summed E-state index contributed by atoms with van der Waals surface area (Å²) in [6.07, 6.45) is 0.985. The number of hydrogen-bond donors (Lipinski definition) is 2. The lowest BCUT2D eigenvalue weighted by Crippen LogP contribution is -2.52. The number of morpholine rings is 1. The van der Waals surface area contributed by atoms with E-state index in [0.717, 1.165) is 32.7 Å². The van der Waals surface area contributed by atoms with Gasteiger partial charge in [-0.3, -0.25) is 14.5 Å². The van der Waals surface area contributed by atoms with E-state index in [1.807, 2.05) is 0 Å². The Labute approximate surface area is 176 Å². The second-order valence-electron chi connectivity index (χ2n) is 7.47. The van der Waals surface area contributed by atoms with Crippen molar-refractivity contribution in [1.29, 1.82) is 0 Å². The van der Waals surface area contributed by atoms with Crippen molar-refractivity contribution >= 4 is 35.0 Å². The first-order valence-electron chi connectivity index (χ1n) is 9.64. The van der Waals surface area contributed by atoms with Gasteiger partial charge < -0.3 is 15.4 Å². The number of carbonyl (C=O) groups excluding carboxylic acids is 2. The first kappa shape index (κ1) is 22.9. The van der Waals surface area contributed by atoms with Crippen molar-refractivity contribution in [2.45, 2.75) is 39.3 Å². The standard InChI is InChI=1S/C20H29Cl2N3O3/c1-13(2)11-15(25-7-9-28-10-8-25)12-23-19(26)14(3)24-20(27)16-5-4-6-17(21)18(16)22/h4-6,13-15H,7-12H2,1-3H3,(H,23,26)(H,24,27). The van der Waals surface area contributed by atoms with Crippen molar-refractivity contribution in [3.8, 4) is 0 Å². The monoisotopic (exact) mass is 429 g/mol. The van der Waals surface area contributed by atoms with Gasteiger partial charge in [-0.1, -0.05) is 43.1 Å². The molecule has 2 amide bonds. The molecule has 0 aromatic heterocycles. The molecular weight excluding hydrogens is 401 g/mol. The van der Waals surface area contributed by atoms with Gasteiger partial charge in [0.1, 0.15) is 6.04 Å². The average molecular weight is 430 g/mol. The molecule has 1 aliphatic rings. The lowest BCUT2D eigenvalue weighted by molar-refractivity contribution is -0.123. The van der Waals surface area contributed by atoms with Crippen molar-refractivity contribution in [2.75, 3.05) is 32.8 Å². The van der Waals surface area contributed by atoms with Crippen molar-refractivity contribution in [1.82, 2.24) is 15.5 Å². The fourth-order valence-electron chi connectivity index (χ4n) is 3.24. The highest BCUT2D eigenvalue weighted by Gasteiger charge is 2.24. The molecule has 1 saturated heterocycles. The molecule has 1 heterocycles. The van der Waals surface area contributed by atoms with Gasteiger partial charge in [-0.05, 0) is 31.4 Å². The first-order chi connectivity index (χ1) is 13.3. The number of rotatable bonds is 8. The summed E-state index contributed by atoms with van der Waals surface area (Å²) in [5, 5.41) is 6.13. The minimum Gasteiger partial charge on any atom is -0.379 e. The van der Waals surface area contributed by atoms with E-state index in [1.54, 1.807) is 25.1 Å². The topological polar surface area (TPSA) is 70.7 Å². The van der Waals surface area contributed by atoms with Crippen LogP contribution in [0, 0.1) is 5.92 Å². The van der Waals surface area contributed by atoms with Gasteiger partial charge in [0.05, 0.1) is 28.8 Å². The van der Waals surface area contributed by atoms with Crippen LogP contribution in [0.5, 0.6) is 0 Å². The molecule has 1 aromatic rings. The number of hydrogen-bond acceptors (Lipinski definition) is 4. The molecule has 0 radical (unpaired) electrons. The van der Waals surface area contributed by atoms with Gasteiger partial charge >= 0.3 is 0 Å². The summed E-state index contributed by atoms with van der Waals surface area (Å²) in [7, 11) is 0. The molecule has 2 N–H and O–H groups in total. The summed E-state index contributed by atoms with van der Waals surface area (Å²) in [6.45, 7) is 9.71. The second kappa shape index (κ2) is 11.0. The fraction of sp³-hybridized carbons (Fsp3) is 0.600. The van der Waals surface area contributed by atoms with Gasteiger partial charge in [0.15, 0.2) is 0 Å². The zero-order valence-electron chi connectivity index (χ0n) is 16.6. The number of amides is 2. The van der Waals surface area contributed by atoms with Gasteiger partial charge in [-0.15, -0.1) is 0 Å². The Kier molecular flexibility index (Phi) is 9.02. The average Bonchev–Trinajstić information content (AvgIpc) is 2.67. The van der Waals surface area contributed by atoms with E-state index in [0.29, 0.717) is 17.5 Å². The van der Waals surface area contributed by atoms with Crippen LogP contribution in [0.15, 0.2) is 18.2 Å². The minimum atomic E-state index is -0.688. The zero-order chi connectivity index (χ0) is 20.7. The van der Waals surface area contributed by atoms with Crippen LogP contribution in [-0.2, 0) is 9.53 Å². The fourth-order valence-corrected chi connectivity index (χ4v) is 3.63. The number of benzene rings is 1. The summed E-state index contributed by atoms with van der Waals surface area (Å²) in [5.41, 5.74) is 0.250. The van der Waals surface area contributed by atoms with E-state index < -0.39 is 11.9 Å². The molecule has 156 valence electrons. The van der Waals surface area contributed by atoms with Gasteiger partial charge in [-0.2, -0.15) is 0 Å². The molecule has 2 unspecified atom stereocenters. The third kappa shape index (κ3) is 6.62. The lowest BCUT2D eigenvalue weighted by atomic mass is 10.0. The third-order valence-electron chi connectivity index (χ3n) is 4.75. The Balaban J connectivity index is 1.90. The predicted molar refractivity (Wildman–Crippen MR) is 112 cm³/mol. The Hall–Kier alpha value is -1.34. The Morgan fingerprint density at radius 1 is 1.18 bits per heavy atom. The van der Waals surface area contributed by atoms with Gasteiger partial charge in [0, 0.05) is 25.7 Å². The molecule has 0 aliphatic carbocycles. The highest BCUT2D eigenvalue weighted by Crippen LogP contribution is 2.25. The maximum absolute atomic E-state index is 12.5. The van der Waals surface area contributed by atoms with Crippen molar-refractivity contribution in [2.24, 2.45) is 5.92 Å². The van der Waals surface area contributed by atoms with Crippen LogP contribution in [0.1, 0.15) is 37.6 Å². The Morgan fingerprint density at radius 3 is 2.50 bits per heavy atom. The molecule has 1 aromatic carbocycles. The minimum absolute atomic E-state index is 0.179. The molecule has 0 spiro atoms. The van der Waals surface area contributed by atoms with Crippen LogP contribution in [0.3, 0.4) is 0 Å². The number of nitrogens with zero attached hydrogens (tertiary/aromatic N) is 1. The Bertz CT molecular complexity index is 679. The van der Waals surface area contributed by atoms with Crippen LogP contribution >= 0.6 is 23.2 Å². The molecule has 8 heteroatoms. The molecular formula is C20H29Cl2N3O3. The van der Waals surface area contributed by atoms with Gasteiger partial charge in [0.2, 0.25) is 5.91 Å². The zero-order valence-corrected chi connectivity index (χ0v) is 18.1. The van der Waals surface area contributed by atoms with Crippen LogP contribution < -0.4 is 10.6 Å². The summed E-state index contributed by atoms with van der Waals surface area (Å²) in [5.74, 6) is -0.137. The molecule has 6 nitrogen and oxygen atoms in total. The molecule has 0 bridgehead atoms. The SMILES string of the molecule is CC(C)CC(CNC(=O)C(C)NC(=O)c1cccc(Cl)c1Cl)N1CCOCC1. The lowest BCUT2D eigenvalue weighted by Gasteiger charge is -2.35. The molecule has 2 atom stereocenters. The largest absolute Gasteiger partial charge is 0.379 e. The Morgan fingerprint density at radius 2 is 1.86 bits per heavy atom. The van der Waals surface area contributed by atoms with Crippen LogP contribution in [0.2, 0.25) is 10.0 Å². The maximum atomic E-state index is 12.5. The van der Waals surface area contributed by atoms with Crippen molar-refractivity contribution in [3.63, 3.8) is 0 Å². The quantitative estimate of drug-likeness (QED) is 0.666. The van der Waals surface area contributed by atoms with E-state index >= 15 is 0 Å². The molecule has 1 aliphatic heterocycles. The molecule has 1 fully saturated rings. The molecule has 0 saturated carbocycles. The third-order valence-corrected chi connectivity index (χ3v) is 5.57. The first-order valence-corrected chi connectivity index (χ1v) is 10.4. The number of carbonyl (C=O) groups is 2. The van der Waals surface area contributed by atoms with E-state index in [1.165, 1.54) is 0 Å². The summed E-state index contributed by atoms with van der Waals surface area (Å²) in [4.78, 5) is 27.3. The number of nitrogens with one attached hydrogen (secondary N) is 2. The smallest absolute Gasteiger partial charge is 0.253 e. The summed E-state index contributed by atoms with van der Waals surface area (Å²) in [6, 6.07) is 4.39. The van der Waals surface area contributed by atoms with E-state index in [-0.39, 0.29) is 22.5 Å². The van der Waals surface area contributed by atoms with Crippen molar-refractivity contribution in [3.05, 3.63) is 33.8 Å². The van der Waals surface area contributed by atoms with Gasteiger partial charge in [0.25, 0.3) is 5.91 Å². The van der Waals surface area contributed by atoms with E-state index in [4.69, 9.17) is 27.9 Å².